The summed E-state index contributed by atoms with van der Waals surface area (Å²) in [5.74, 6) is 0.843. The minimum atomic E-state index is -0.484. The van der Waals surface area contributed by atoms with Crippen LogP contribution in [0.4, 0.5) is 5.69 Å². The number of benzene rings is 1. The molecule has 0 bridgehead atoms. The van der Waals surface area contributed by atoms with Gasteiger partial charge in [0.1, 0.15) is 12.4 Å². The number of hydrogen-bond donors (Lipinski definition) is 1. The first-order valence-corrected chi connectivity index (χ1v) is 6.05. The minimum Gasteiger partial charge on any atom is -0.482 e. The zero-order valence-corrected chi connectivity index (χ0v) is 11.3. The largest absolute Gasteiger partial charge is 0.482 e. The molecule has 106 valence electrons. The Morgan fingerprint density at radius 1 is 1.45 bits per heavy atom. The average Bonchev–Trinajstić information content (AvgIpc) is 2.75. The van der Waals surface area contributed by atoms with Crippen molar-refractivity contribution >= 4 is 5.69 Å². The molecule has 1 aromatic carbocycles. The summed E-state index contributed by atoms with van der Waals surface area (Å²) in [7, 11) is 0. The second kappa shape index (κ2) is 5.70. The van der Waals surface area contributed by atoms with Crippen molar-refractivity contribution in [3.8, 4) is 5.75 Å². The molecule has 0 amide bonds. The Hall–Kier alpha value is -2.41. The fraction of sp³-hybridized carbons (Fsp3) is 0.308. The van der Waals surface area contributed by atoms with Crippen LogP contribution in [-0.4, -0.2) is 10.1 Å². The van der Waals surface area contributed by atoms with Gasteiger partial charge in [0.15, 0.2) is 5.75 Å². The molecular weight excluding hydrogens is 262 g/mol. The first-order chi connectivity index (χ1) is 9.52. The normalized spacial score (nSPS) is 10.6. The molecule has 20 heavy (non-hydrogen) atoms. The van der Waals surface area contributed by atoms with Crippen LogP contribution in [0.1, 0.15) is 22.6 Å². The lowest BCUT2D eigenvalue weighted by atomic mass is 10.2. The average molecular weight is 277 g/mol. The van der Waals surface area contributed by atoms with Crippen molar-refractivity contribution in [2.24, 2.45) is 5.73 Å². The quantitative estimate of drug-likeness (QED) is 0.663. The number of nitro benzene ring substituents is 1. The molecule has 7 heteroatoms. The highest BCUT2D eigenvalue weighted by atomic mass is 16.6. The maximum atomic E-state index is 11.0. The van der Waals surface area contributed by atoms with E-state index in [0.29, 0.717) is 17.0 Å². The summed E-state index contributed by atoms with van der Waals surface area (Å²) < 4.78 is 10.5. The maximum Gasteiger partial charge on any atom is 0.311 e. The van der Waals surface area contributed by atoms with Crippen LogP contribution in [0.15, 0.2) is 22.7 Å². The highest BCUT2D eigenvalue weighted by Gasteiger charge is 2.17. The lowest BCUT2D eigenvalue weighted by molar-refractivity contribution is -0.386. The number of nitrogens with two attached hydrogens (primary N) is 1. The van der Waals surface area contributed by atoms with Crippen molar-refractivity contribution in [2.45, 2.75) is 27.0 Å². The molecule has 0 aliphatic rings. The van der Waals surface area contributed by atoms with Crippen molar-refractivity contribution in [1.29, 1.82) is 0 Å². The van der Waals surface area contributed by atoms with Crippen molar-refractivity contribution < 1.29 is 14.2 Å². The van der Waals surface area contributed by atoms with Gasteiger partial charge in [0.25, 0.3) is 0 Å². The highest BCUT2D eigenvalue weighted by molar-refractivity contribution is 5.48. The van der Waals surface area contributed by atoms with Crippen LogP contribution in [0, 0.1) is 24.0 Å². The molecule has 0 saturated heterocycles. The molecule has 7 nitrogen and oxygen atoms in total. The molecule has 0 fully saturated rings. The maximum absolute atomic E-state index is 11.0. The van der Waals surface area contributed by atoms with E-state index < -0.39 is 4.92 Å². The first kappa shape index (κ1) is 14.0. The number of nitrogens with zero attached hydrogens (tertiary/aromatic N) is 2. The van der Waals surface area contributed by atoms with Crippen LogP contribution in [0.5, 0.6) is 5.75 Å². The Kier molecular flexibility index (Phi) is 3.99. The summed E-state index contributed by atoms with van der Waals surface area (Å²) >= 11 is 0. The highest BCUT2D eigenvalue weighted by Crippen LogP contribution is 2.29. The summed E-state index contributed by atoms with van der Waals surface area (Å²) in [6.45, 7) is 3.97. The van der Waals surface area contributed by atoms with Gasteiger partial charge in [-0.1, -0.05) is 11.2 Å². The number of aryl methyl sites for hydroxylation is 2. The van der Waals surface area contributed by atoms with Crippen molar-refractivity contribution in [2.75, 3.05) is 0 Å². The van der Waals surface area contributed by atoms with Crippen molar-refractivity contribution in [1.82, 2.24) is 5.16 Å². The molecule has 2 aromatic rings. The van der Waals surface area contributed by atoms with E-state index in [9.17, 15) is 10.1 Å². The Morgan fingerprint density at radius 2 is 2.20 bits per heavy atom. The number of nitro groups is 1. The predicted molar refractivity (Wildman–Crippen MR) is 71.3 cm³/mol. The molecule has 0 saturated carbocycles. The van der Waals surface area contributed by atoms with Gasteiger partial charge in [0.05, 0.1) is 16.2 Å². The van der Waals surface area contributed by atoms with E-state index in [2.05, 4.69) is 5.16 Å². The molecule has 0 spiro atoms. The van der Waals surface area contributed by atoms with Gasteiger partial charge < -0.3 is 15.0 Å². The van der Waals surface area contributed by atoms with Gasteiger partial charge in [-0.2, -0.15) is 0 Å². The first-order valence-electron chi connectivity index (χ1n) is 6.05. The second-order valence-electron chi connectivity index (χ2n) is 4.35. The molecule has 1 aromatic heterocycles. The van der Waals surface area contributed by atoms with E-state index in [-0.39, 0.29) is 24.6 Å². The van der Waals surface area contributed by atoms with E-state index in [0.717, 1.165) is 5.56 Å². The van der Waals surface area contributed by atoms with E-state index in [1.54, 1.807) is 26.0 Å². The van der Waals surface area contributed by atoms with Crippen LogP contribution in [-0.2, 0) is 13.2 Å². The van der Waals surface area contributed by atoms with Crippen molar-refractivity contribution in [3.63, 3.8) is 0 Å². The van der Waals surface area contributed by atoms with E-state index in [1.807, 2.05) is 0 Å². The summed E-state index contributed by atoms with van der Waals surface area (Å²) in [4.78, 5) is 10.6. The van der Waals surface area contributed by atoms with E-state index >= 15 is 0 Å². The molecule has 2 N–H and O–H groups in total. The lowest BCUT2D eigenvalue weighted by Crippen LogP contribution is -2.03. The van der Waals surface area contributed by atoms with Gasteiger partial charge in [-0.25, -0.2) is 0 Å². The molecule has 2 rings (SSSR count). The molecule has 0 radical (unpaired) electrons. The van der Waals surface area contributed by atoms with E-state index in [1.165, 1.54) is 6.07 Å². The van der Waals surface area contributed by atoms with Crippen molar-refractivity contribution in [3.05, 3.63) is 50.9 Å². The van der Waals surface area contributed by atoms with E-state index in [4.69, 9.17) is 15.0 Å². The molecule has 0 atom stereocenters. The fourth-order valence-corrected chi connectivity index (χ4v) is 1.81. The van der Waals surface area contributed by atoms with Gasteiger partial charge in [0, 0.05) is 12.6 Å². The van der Waals surface area contributed by atoms with Gasteiger partial charge >= 0.3 is 5.69 Å². The Labute approximate surface area is 115 Å². The number of rotatable bonds is 5. The van der Waals surface area contributed by atoms with Crippen LogP contribution in [0.3, 0.4) is 0 Å². The third-order valence-corrected chi connectivity index (χ3v) is 3.01. The third kappa shape index (κ3) is 2.77. The van der Waals surface area contributed by atoms with Gasteiger partial charge in [-0.15, -0.1) is 0 Å². The SMILES string of the molecule is Cc1noc(C)c1COc1ccc(CN)cc1[N+](=O)[O-]. The number of aromatic nitrogens is 1. The summed E-state index contributed by atoms with van der Waals surface area (Å²) in [5.41, 5.74) is 7.57. The summed E-state index contributed by atoms with van der Waals surface area (Å²) in [5, 5.41) is 14.8. The second-order valence-corrected chi connectivity index (χ2v) is 4.35. The monoisotopic (exact) mass is 277 g/mol. The molecule has 0 aliphatic carbocycles. The van der Waals surface area contributed by atoms with Crippen LogP contribution in [0.25, 0.3) is 0 Å². The Morgan fingerprint density at radius 3 is 2.75 bits per heavy atom. The summed E-state index contributed by atoms with van der Waals surface area (Å²) in [6, 6.07) is 4.68. The molecule has 0 unspecified atom stereocenters. The Bertz CT molecular complexity index is 617. The zero-order valence-electron chi connectivity index (χ0n) is 11.3. The standard InChI is InChI=1S/C13H15N3O4/c1-8-11(9(2)20-15-8)7-19-13-4-3-10(6-14)5-12(13)16(17)18/h3-5H,6-7,14H2,1-2H3. The molecular formula is C13H15N3O4. The van der Waals surface area contributed by atoms with Crippen LogP contribution >= 0.6 is 0 Å². The number of ether oxygens (including phenoxy) is 1. The lowest BCUT2D eigenvalue weighted by Gasteiger charge is -2.07. The van der Waals surface area contributed by atoms with Gasteiger partial charge in [0.2, 0.25) is 0 Å². The van der Waals surface area contributed by atoms with Gasteiger partial charge in [-0.05, 0) is 25.5 Å². The summed E-state index contributed by atoms with van der Waals surface area (Å²) in [6.07, 6.45) is 0. The molecule has 0 aliphatic heterocycles. The smallest absolute Gasteiger partial charge is 0.311 e. The zero-order chi connectivity index (χ0) is 14.7. The van der Waals surface area contributed by atoms with Gasteiger partial charge in [-0.3, -0.25) is 10.1 Å². The van der Waals surface area contributed by atoms with Crippen LogP contribution in [0.2, 0.25) is 0 Å². The fourth-order valence-electron chi connectivity index (χ4n) is 1.81. The Balaban J connectivity index is 2.23. The third-order valence-electron chi connectivity index (χ3n) is 3.01. The predicted octanol–water partition coefficient (Wildman–Crippen LogP) is 2.24. The number of hydrogen-bond acceptors (Lipinski definition) is 6. The minimum absolute atomic E-state index is 0.0975. The molecule has 1 heterocycles. The topological polar surface area (TPSA) is 104 Å². The van der Waals surface area contributed by atoms with Crippen LogP contribution < -0.4 is 10.5 Å².